The van der Waals surface area contributed by atoms with Crippen molar-refractivity contribution in [3.05, 3.63) is 24.3 Å². The van der Waals surface area contributed by atoms with Crippen LogP contribution in [0.4, 0.5) is 11.4 Å². The molecule has 0 fully saturated rings. The highest BCUT2D eigenvalue weighted by Crippen LogP contribution is 2.14. The maximum Gasteiger partial charge on any atom is 0.234 e. The Kier molecular flexibility index (Phi) is 10.3. The van der Waals surface area contributed by atoms with E-state index >= 15 is 0 Å². The first-order valence-electron chi connectivity index (χ1n) is 7.25. The van der Waals surface area contributed by atoms with Gasteiger partial charge >= 0.3 is 0 Å². The number of hydrogen-bond donors (Lipinski definition) is 3. The van der Waals surface area contributed by atoms with E-state index in [9.17, 15) is 9.59 Å². The van der Waals surface area contributed by atoms with Crippen LogP contribution in [0.1, 0.15) is 25.7 Å². The molecule has 0 saturated carbocycles. The summed E-state index contributed by atoms with van der Waals surface area (Å²) in [6.45, 7) is 0. The lowest BCUT2D eigenvalue weighted by Gasteiger charge is -2.07. The summed E-state index contributed by atoms with van der Waals surface area (Å²) in [5.41, 5.74) is 6.53. The molecular formula is C15H22ClN3O2S. The second-order valence-corrected chi connectivity index (χ2v) is 6.15. The Hall–Kier alpha value is -1.40. The maximum atomic E-state index is 11.8. The Morgan fingerprint density at radius 1 is 1.09 bits per heavy atom. The number of halogens is 1. The summed E-state index contributed by atoms with van der Waals surface area (Å²) in [4.78, 5) is 21.9. The van der Waals surface area contributed by atoms with Crippen molar-refractivity contribution in [2.75, 3.05) is 28.1 Å². The van der Waals surface area contributed by atoms with Crippen molar-refractivity contribution < 1.29 is 9.59 Å². The molecule has 1 aromatic carbocycles. The topological polar surface area (TPSA) is 70.2 Å². The van der Waals surface area contributed by atoms with Gasteiger partial charge in [-0.2, -0.15) is 11.8 Å². The minimum absolute atomic E-state index is 0.00233. The first-order valence-corrected chi connectivity index (χ1v) is 8.94. The Labute approximate surface area is 140 Å². The van der Waals surface area contributed by atoms with Crippen LogP contribution in [0.15, 0.2) is 24.3 Å². The molecule has 1 aromatic rings. The number of carbonyl (C=O) groups is 2. The van der Waals surface area contributed by atoms with Crippen LogP contribution in [0.5, 0.6) is 0 Å². The van der Waals surface area contributed by atoms with Gasteiger partial charge in [-0.15, -0.1) is 11.6 Å². The van der Waals surface area contributed by atoms with Gasteiger partial charge in [0.1, 0.15) is 0 Å². The van der Waals surface area contributed by atoms with Gasteiger partial charge in [-0.3, -0.25) is 20.4 Å². The third-order valence-corrected chi connectivity index (χ3v) is 4.16. The zero-order chi connectivity index (χ0) is 16.0. The van der Waals surface area contributed by atoms with E-state index < -0.39 is 0 Å². The van der Waals surface area contributed by atoms with Gasteiger partial charge in [-0.1, -0.05) is 12.8 Å². The molecule has 0 saturated heterocycles. The van der Waals surface area contributed by atoms with Crippen molar-refractivity contribution in [1.82, 2.24) is 5.43 Å². The summed E-state index contributed by atoms with van der Waals surface area (Å²) in [6.07, 6.45) is 5.09. The third-order valence-electron chi connectivity index (χ3n) is 2.85. The van der Waals surface area contributed by atoms with Crippen molar-refractivity contribution in [3.8, 4) is 0 Å². The molecule has 0 spiro atoms. The van der Waals surface area contributed by atoms with E-state index in [0.29, 0.717) is 12.2 Å². The standard InChI is InChI=1S/C15H22ClN3O2S/c16-9-3-1-2-4-10-22-11-15(21)18-13-5-7-14(8-6-13)19-17-12-20/h5-8,12,19H,1-4,9-11H2,(H,17,20)(H,18,21). The van der Waals surface area contributed by atoms with Crippen LogP contribution in [-0.2, 0) is 9.59 Å². The molecule has 0 aliphatic carbocycles. The van der Waals surface area contributed by atoms with Gasteiger partial charge in [0.2, 0.25) is 12.3 Å². The fraction of sp³-hybridized carbons (Fsp3) is 0.467. The number of rotatable bonds is 12. The second-order valence-electron chi connectivity index (χ2n) is 4.67. The zero-order valence-corrected chi connectivity index (χ0v) is 14.0. The van der Waals surface area contributed by atoms with E-state index in [2.05, 4.69) is 16.2 Å². The number of hydrazine groups is 1. The molecule has 7 heteroatoms. The number of nitrogens with one attached hydrogen (secondary N) is 3. The first kappa shape index (κ1) is 18.6. The molecule has 122 valence electrons. The Balaban J connectivity index is 2.15. The molecule has 0 aliphatic heterocycles. The number of benzene rings is 1. The van der Waals surface area contributed by atoms with Crippen molar-refractivity contribution in [2.45, 2.75) is 25.7 Å². The molecule has 0 unspecified atom stereocenters. The van der Waals surface area contributed by atoms with Crippen LogP contribution >= 0.6 is 23.4 Å². The van der Waals surface area contributed by atoms with E-state index in [-0.39, 0.29) is 5.91 Å². The summed E-state index contributed by atoms with van der Waals surface area (Å²) in [5, 5.41) is 2.84. The summed E-state index contributed by atoms with van der Waals surface area (Å²) in [6, 6.07) is 7.11. The quantitative estimate of drug-likeness (QED) is 0.236. The molecule has 2 amide bonds. The fourth-order valence-electron chi connectivity index (χ4n) is 1.76. The minimum Gasteiger partial charge on any atom is -0.325 e. The van der Waals surface area contributed by atoms with Crippen LogP contribution in [0.25, 0.3) is 0 Å². The maximum absolute atomic E-state index is 11.8. The SMILES string of the molecule is O=CNNc1ccc(NC(=O)CSCCCCCCCl)cc1. The second kappa shape index (κ2) is 12.2. The molecule has 0 heterocycles. The Morgan fingerprint density at radius 3 is 2.45 bits per heavy atom. The van der Waals surface area contributed by atoms with Gasteiger partial charge < -0.3 is 5.32 Å². The van der Waals surface area contributed by atoms with Gasteiger partial charge in [0.15, 0.2) is 0 Å². The number of carbonyl (C=O) groups excluding carboxylic acids is 2. The summed E-state index contributed by atoms with van der Waals surface area (Å²) >= 11 is 7.26. The lowest BCUT2D eigenvalue weighted by molar-refractivity contribution is -0.113. The van der Waals surface area contributed by atoms with Crippen LogP contribution in [-0.4, -0.2) is 29.7 Å². The molecule has 0 aromatic heterocycles. The molecule has 5 nitrogen and oxygen atoms in total. The minimum atomic E-state index is -0.00233. The van der Waals surface area contributed by atoms with Gasteiger partial charge in [0.05, 0.1) is 11.4 Å². The summed E-state index contributed by atoms with van der Waals surface area (Å²) in [5.74, 6) is 2.19. The predicted molar refractivity (Wildman–Crippen MR) is 94.4 cm³/mol. The van der Waals surface area contributed by atoms with Crippen molar-refractivity contribution >= 4 is 47.1 Å². The van der Waals surface area contributed by atoms with Gasteiger partial charge in [-0.25, -0.2) is 0 Å². The summed E-state index contributed by atoms with van der Waals surface area (Å²) in [7, 11) is 0. The van der Waals surface area contributed by atoms with Crippen LogP contribution in [0, 0.1) is 0 Å². The highest BCUT2D eigenvalue weighted by Gasteiger charge is 2.02. The average Bonchev–Trinajstić information content (AvgIpc) is 2.53. The normalized spacial score (nSPS) is 10.0. The third kappa shape index (κ3) is 8.79. The Morgan fingerprint density at radius 2 is 1.77 bits per heavy atom. The molecule has 0 radical (unpaired) electrons. The van der Waals surface area contributed by atoms with Crippen molar-refractivity contribution in [1.29, 1.82) is 0 Å². The summed E-state index contributed by atoms with van der Waals surface area (Å²) < 4.78 is 0. The van der Waals surface area contributed by atoms with Crippen LogP contribution in [0.3, 0.4) is 0 Å². The van der Waals surface area contributed by atoms with Crippen molar-refractivity contribution in [2.24, 2.45) is 0 Å². The number of thioether (sulfide) groups is 1. The number of amides is 2. The molecule has 0 aliphatic rings. The van der Waals surface area contributed by atoms with Crippen LogP contribution in [0.2, 0.25) is 0 Å². The van der Waals surface area contributed by atoms with E-state index in [1.807, 2.05) is 0 Å². The van der Waals surface area contributed by atoms with E-state index in [1.165, 1.54) is 6.42 Å². The molecule has 0 atom stereocenters. The number of unbranched alkanes of at least 4 members (excludes halogenated alkanes) is 3. The monoisotopic (exact) mass is 343 g/mol. The van der Waals surface area contributed by atoms with Gasteiger partial charge in [0, 0.05) is 11.6 Å². The molecule has 1 rings (SSSR count). The Bertz CT molecular complexity index is 443. The predicted octanol–water partition coefficient (Wildman–Crippen LogP) is 3.23. The molecule has 0 bridgehead atoms. The van der Waals surface area contributed by atoms with Gasteiger partial charge in [-0.05, 0) is 42.9 Å². The average molecular weight is 344 g/mol. The lowest BCUT2D eigenvalue weighted by Crippen LogP contribution is -2.19. The van der Waals surface area contributed by atoms with E-state index in [4.69, 9.17) is 11.6 Å². The number of hydrogen-bond acceptors (Lipinski definition) is 4. The molecule has 3 N–H and O–H groups in total. The van der Waals surface area contributed by atoms with Crippen LogP contribution < -0.4 is 16.2 Å². The molecule has 22 heavy (non-hydrogen) atoms. The zero-order valence-electron chi connectivity index (χ0n) is 12.4. The largest absolute Gasteiger partial charge is 0.325 e. The molecular weight excluding hydrogens is 322 g/mol. The lowest BCUT2D eigenvalue weighted by atomic mass is 10.2. The fourth-order valence-corrected chi connectivity index (χ4v) is 2.76. The van der Waals surface area contributed by atoms with Gasteiger partial charge in [0.25, 0.3) is 0 Å². The van der Waals surface area contributed by atoms with E-state index in [0.717, 1.165) is 42.3 Å². The first-order chi connectivity index (χ1) is 10.8. The number of anilines is 2. The van der Waals surface area contributed by atoms with Crippen molar-refractivity contribution in [3.63, 3.8) is 0 Å². The highest BCUT2D eigenvalue weighted by atomic mass is 35.5. The number of alkyl halides is 1. The smallest absolute Gasteiger partial charge is 0.234 e. The van der Waals surface area contributed by atoms with E-state index in [1.54, 1.807) is 36.0 Å². The highest BCUT2D eigenvalue weighted by molar-refractivity contribution is 7.99.